The lowest BCUT2D eigenvalue weighted by Crippen LogP contribution is -2.50. The number of carbonyl (C=O) groups excluding carboxylic acids is 2. The van der Waals surface area contributed by atoms with Gasteiger partial charge in [-0.15, -0.1) is 11.8 Å². The van der Waals surface area contributed by atoms with Crippen LogP contribution in [-0.4, -0.2) is 121 Å². The molecule has 15 heteroatoms. The van der Waals surface area contributed by atoms with Crippen LogP contribution in [0.3, 0.4) is 0 Å². The van der Waals surface area contributed by atoms with E-state index in [1.807, 2.05) is 59.5 Å². The van der Waals surface area contributed by atoms with Gasteiger partial charge in [0.25, 0.3) is 5.91 Å². The Balaban J connectivity index is 0.904. The summed E-state index contributed by atoms with van der Waals surface area (Å²) in [5.41, 5.74) is 1.71. The molecule has 376 valence electrons. The molecule has 3 atom stereocenters. The van der Waals surface area contributed by atoms with Crippen molar-refractivity contribution in [1.82, 2.24) is 24.7 Å². The first-order chi connectivity index (χ1) is 33.2. The fourth-order valence-electron chi connectivity index (χ4n) is 10.00. The number of amides is 2. The first-order valence-electron chi connectivity index (χ1n) is 25.1. The molecule has 0 bridgehead atoms. The molecule has 69 heavy (non-hydrogen) atoms. The molecule has 2 aliphatic heterocycles. The van der Waals surface area contributed by atoms with Crippen molar-refractivity contribution in [3.63, 3.8) is 0 Å². The molecule has 0 aromatic heterocycles. The molecule has 2 amide bonds. The predicted molar refractivity (Wildman–Crippen MR) is 285 cm³/mol. The van der Waals surface area contributed by atoms with Crippen LogP contribution in [-0.2, 0) is 4.79 Å². The van der Waals surface area contributed by atoms with Crippen LogP contribution in [0.5, 0.6) is 0 Å². The fourth-order valence-corrected chi connectivity index (χ4v) is 12.9. The number of thioether (sulfide) groups is 2. The van der Waals surface area contributed by atoms with Crippen LogP contribution in [0.25, 0.3) is 5.57 Å². The first-order valence-corrected chi connectivity index (χ1v) is 28.2. The standard InChI is InChI=1S/C54H72ClF3N6O2S3/c1-4-5-6-10-13-51(65)64-34-28-61(29-35-64)27-25-44(39-67-46-11-8-7-9-12-46)59-49-23-22-47(36-50(49)68-54(56,57)58)69-60-52(66)41-16-20-45(21-17-41)63-32-30-62(31-33-63)38-42-37-53(2,3)26-24-48(42)40-14-18-43(55)19-15-40/h7-9,11-12,14-21,36,44,47,49,59H,4-6,10,13,22-35,37-39H2,1-3H3,(H,60,66). The summed E-state index contributed by atoms with van der Waals surface area (Å²) in [5.74, 6) is 0.699. The van der Waals surface area contributed by atoms with Crippen LogP contribution < -0.4 is 14.9 Å². The molecular weight excluding hydrogens is 953 g/mol. The number of nitrogens with one attached hydrogen (secondary N) is 2. The maximum atomic E-state index is 14.1. The van der Waals surface area contributed by atoms with Crippen LogP contribution >= 0.6 is 47.1 Å². The van der Waals surface area contributed by atoms with E-state index in [0.29, 0.717) is 43.7 Å². The van der Waals surface area contributed by atoms with E-state index in [0.717, 1.165) is 113 Å². The van der Waals surface area contributed by atoms with Gasteiger partial charge in [0.15, 0.2) is 0 Å². The van der Waals surface area contributed by atoms with Gasteiger partial charge in [0, 0.05) is 114 Å². The number of nitrogens with zero attached hydrogens (tertiary/aromatic N) is 4. The number of rotatable bonds is 21. The zero-order valence-corrected chi connectivity index (χ0v) is 43.9. The summed E-state index contributed by atoms with van der Waals surface area (Å²) in [7, 11) is 0. The van der Waals surface area contributed by atoms with Gasteiger partial charge in [0.1, 0.15) is 0 Å². The van der Waals surface area contributed by atoms with Crippen LogP contribution in [0.2, 0.25) is 5.02 Å². The zero-order valence-electron chi connectivity index (χ0n) is 40.7. The van der Waals surface area contributed by atoms with Crippen molar-refractivity contribution >= 4 is 70.1 Å². The Morgan fingerprint density at radius 1 is 0.855 bits per heavy atom. The minimum atomic E-state index is -4.44. The molecule has 2 saturated heterocycles. The van der Waals surface area contributed by atoms with Crippen molar-refractivity contribution in [2.24, 2.45) is 5.41 Å². The number of unbranched alkanes of at least 4 members (excludes halogenated alkanes) is 3. The predicted octanol–water partition coefficient (Wildman–Crippen LogP) is 12.4. The lowest BCUT2D eigenvalue weighted by Gasteiger charge is -2.39. The summed E-state index contributed by atoms with van der Waals surface area (Å²) in [4.78, 5) is 36.9. The molecule has 3 aromatic rings. The van der Waals surface area contributed by atoms with Gasteiger partial charge in [-0.05, 0) is 140 Å². The Labute approximate surface area is 427 Å². The number of hydrogen-bond acceptors (Lipinski definition) is 9. The van der Waals surface area contributed by atoms with E-state index in [1.54, 1.807) is 17.8 Å². The third kappa shape index (κ3) is 17.0. The molecule has 0 spiro atoms. The second-order valence-electron chi connectivity index (χ2n) is 19.9. The molecule has 7 rings (SSSR count). The van der Waals surface area contributed by atoms with Gasteiger partial charge in [-0.1, -0.05) is 93.6 Å². The second kappa shape index (κ2) is 26.0. The van der Waals surface area contributed by atoms with Crippen molar-refractivity contribution < 1.29 is 22.8 Å². The molecule has 2 N–H and O–H groups in total. The number of allylic oxidation sites excluding steroid dienone is 1. The number of halogens is 4. The Morgan fingerprint density at radius 3 is 2.26 bits per heavy atom. The summed E-state index contributed by atoms with van der Waals surface area (Å²) < 4.78 is 45.3. The van der Waals surface area contributed by atoms with Crippen molar-refractivity contribution in [2.75, 3.05) is 76.1 Å². The van der Waals surface area contributed by atoms with E-state index in [4.69, 9.17) is 11.6 Å². The Bertz CT molecular complexity index is 2160. The summed E-state index contributed by atoms with van der Waals surface area (Å²) in [6.07, 6.45) is 11.9. The topological polar surface area (TPSA) is 71.2 Å². The van der Waals surface area contributed by atoms with Crippen LogP contribution in [0.15, 0.2) is 100 Å². The Morgan fingerprint density at radius 2 is 1.57 bits per heavy atom. The molecule has 3 unspecified atom stereocenters. The van der Waals surface area contributed by atoms with Gasteiger partial charge in [0.05, 0.1) is 0 Å². The normalized spacial score (nSPS) is 21.0. The fraction of sp³-hybridized carbons (Fsp3) is 0.556. The number of hydrogen-bond donors (Lipinski definition) is 2. The van der Waals surface area contributed by atoms with Crippen molar-refractivity contribution in [3.8, 4) is 0 Å². The number of alkyl halides is 3. The molecule has 4 aliphatic rings. The maximum absolute atomic E-state index is 14.1. The lowest BCUT2D eigenvalue weighted by molar-refractivity contribution is -0.133. The Kier molecular flexibility index (Phi) is 20.2. The third-order valence-corrected chi connectivity index (χ3v) is 17.3. The first kappa shape index (κ1) is 53.7. The number of benzene rings is 3. The lowest BCUT2D eigenvalue weighted by atomic mass is 9.73. The van der Waals surface area contributed by atoms with Gasteiger partial charge < -0.3 is 15.1 Å². The second-order valence-corrected chi connectivity index (χ2v) is 23.6. The maximum Gasteiger partial charge on any atom is 0.446 e. The minimum absolute atomic E-state index is 0.0350. The zero-order chi connectivity index (χ0) is 48.8. The quantitative estimate of drug-likeness (QED) is 0.0617. The molecule has 2 fully saturated rings. The number of anilines is 1. The largest absolute Gasteiger partial charge is 0.446 e. The van der Waals surface area contributed by atoms with Crippen molar-refractivity contribution in [1.29, 1.82) is 0 Å². The highest BCUT2D eigenvalue weighted by atomic mass is 35.5. The molecule has 2 heterocycles. The van der Waals surface area contributed by atoms with E-state index in [-0.39, 0.29) is 45.2 Å². The highest BCUT2D eigenvalue weighted by Crippen LogP contribution is 2.44. The number of piperazine rings is 2. The van der Waals surface area contributed by atoms with E-state index in [2.05, 4.69) is 69.8 Å². The Hall–Kier alpha value is -3.11. The van der Waals surface area contributed by atoms with Gasteiger partial charge in [-0.2, -0.15) is 13.2 Å². The average Bonchev–Trinajstić information content (AvgIpc) is 3.34. The molecule has 3 aromatic carbocycles. The average molecular weight is 1030 g/mol. The summed E-state index contributed by atoms with van der Waals surface area (Å²) >= 11 is 9.09. The van der Waals surface area contributed by atoms with Gasteiger partial charge in [-0.3, -0.25) is 24.1 Å². The summed E-state index contributed by atoms with van der Waals surface area (Å²) in [5, 5.41) is 4.13. The summed E-state index contributed by atoms with van der Waals surface area (Å²) in [6.45, 7) is 15.4. The molecule has 0 saturated carbocycles. The van der Waals surface area contributed by atoms with Gasteiger partial charge in [-0.25, -0.2) is 0 Å². The highest BCUT2D eigenvalue weighted by molar-refractivity contribution is 8.04. The smallest absolute Gasteiger partial charge is 0.369 e. The van der Waals surface area contributed by atoms with Gasteiger partial charge in [0.2, 0.25) is 5.91 Å². The van der Waals surface area contributed by atoms with Gasteiger partial charge >= 0.3 is 5.51 Å². The van der Waals surface area contributed by atoms with E-state index < -0.39 is 11.6 Å². The summed E-state index contributed by atoms with van der Waals surface area (Å²) in [6, 6.07) is 25.6. The molecule has 0 radical (unpaired) electrons. The minimum Gasteiger partial charge on any atom is -0.369 e. The van der Waals surface area contributed by atoms with Crippen LogP contribution in [0.4, 0.5) is 18.9 Å². The van der Waals surface area contributed by atoms with Crippen molar-refractivity contribution in [2.45, 2.75) is 119 Å². The SMILES string of the molecule is CCCCCCC(=O)N1CCN(CCC(CSc2ccccc2)NC2CCC(SNC(=O)c3ccc(N4CCN(CC5=C(c6ccc(Cl)cc6)CCC(C)(C)C5)CC4)cc3)C=C2SC(F)(F)F)CC1. The monoisotopic (exact) mass is 1020 g/mol. The number of carbonyl (C=O) groups is 2. The molecule has 8 nitrogen and oxygen atoms in total. The van der Waals surface area contributed by atoms with Crippen LogP contribution in [0.1, 0.15) is 107 Å². The third-order valence-electron chi connectivity index (χ3n) is 14.0. The van der Waals surface area contributed by atoms with Crippen LogP contribution in [0, 0.1) is 5.41 Å². The highest BCUT2D eigenvalue weighted by Gasteiger charge is 2.37. The molecule has 2 aliphatic carbocycles. The van der Waals surface area contributed by atoms with Crippen molar-refractivity contribution in [3.05, 3.63) is 112 Å². The van der Waals surface area contributed by atoms with E-state index in [9.17, 15) is 22.8 Å². The molecular formula is C54H72ClF3N6O2S3. The van der Waals surface area contributed by atoms with E-state index >= 15 is 0 Å². The van der Waals surface area contributed by atoms with E-state index in [1.165, 1.54) is 35.1 Å².